The monoisotopic (exact) mass is 360 g/mol. The van der Waals surface area contributed by atoms with Crippen LogP contribution in [0.1, 0.15) is 43.0 Å². The largest absolute Gasteiger partial charge is 0.507 e. The van der Waals surface area contributed by atoms with Crippen LogP contribution in [0.5, 0.6) is 17.2 Å². The summed E-state index contributed by atoms with van der Waals surface area (Å²) >= 11 is 0. The molecule has 134 valence electrons. The molecule has 0 radical (unpaired) electrons. The van der Waals surface area contributed by atoms with Gasteiger partial charge in [0.1, 0.15) is 17.2 Å². The number of aromatic hydroxyl groups is 3. The molecule has 0 spiro atoms. The molecule has 0 aromatic heterocycles. The van der Waals surface area contributed by atoms with Gasteiger partial charge < -0.3 is 15.3 Å². The smallest absolute Gasteiger partial charge is 0.201 e. The molecular weight excluding hydrogens is 344 g/mol. The van der Waals surface area contributed by atoms with E-state index < -0.39 is 17.3 Å². The lowest BCUT2D eigenvalue weighted by Crippen LogP contribution is -2.21. The molecule has 0 atom stereocenters. The van der Waals surface area contributed by atoms with Gasteiger partial charge in [0, 0.05) is 11.1 Å². The molecule has 0 amide bonds. The zero-order chi connectivity index (χ0) is 19.5. The molecule has 1 aliphatic rings. The van der Waals surface area contributed by atoms with Gasteiger partial charge in [-0.3, -0.25) is 9.59 Å². The van der Waals surface area contributed by atoms with Crippen molar-refractivity contribution in [3.8, 4) is 28.4 Å². The van der Waals surface area contributed by atoms with Crippen molar-refractivity contribution in [1.82, 2.24) is 0 Å². The molecule has 0 bridgehead atoms. The molecular formula is C22H16O5. The SMILES string of the molecule is Cc1cccc(-c2c(O)cc3c(c2O)C(=O)c2c(O)cc(C)cc2C3=O)c1. The fourth-order valence-electron chi connectivity index (χ4n) is 3.60. The molecule has 5 heteroatoms. The van der Waals surface area contributed by atoms with Crippen molar-refractivity contribution in [2.24, 2.45) is 0 Å². The fraction of sp³-hybridized carbons (Fsp3) is 0.0909. The van der Waals surface area contributed by atoms with Gasteiger partial charge in [-0.1, -0.05) is 29.8 Å². The number of rotatable bonds is 1. The highest BCUT2D eigenvalue weighted by Crippen LogP contribution is 2.46. The Morgan fingerprint density at radius 1 is 0.667 bits per heavy atom. The number of hydrogen-bond donors (Lipinski definition) is 3. The molecule has 4 rings (SSSR count). The second kappa shape index (κ2) is 5.71. The van der Waals surface area contributed by atoms with Gasteiger partial charge in [0.2, 0.25) is 5.78 Å². The van der Waals surface area contributed by atoms with E-state index in [1.807, 2.05) is 13.0 Å². The summed E-state index contributed by atoms with van der Waals surface area (Å²) in [4.78, 5) is 25.9. The number of phenolic OH excluding ortho intramolecular Hbond substituents is 3. The standard InChI is InChI=1S/C22H16O5/c1-10-4-3-5-12(6-10)17-16(24)9-14-19(21(17)26)22(27)18-13(20(14)25)7-11(2)8-15(18)23/h3-9,23-24,26H,1-2H3. The first-order valence-electron chi connectivity index (χ1n) is 8.38. The lowest BCUT2D eigenvalue weighted by molar-refractivity contribution is 0.0974. The summed E-state index contributed by atoms with van der Waals surface area (Å²) < 4.78 is 0. The van der Waals surface area contributed by atoms with Crippen LogP contribution in [0.2, 0.25) is 0 Å². The van der Waals surface area contributed by atoms with Gasteiger partial charge >= 0.3 is 0 Å². The van der Waals surface area contributed by atoms with Gasteiger partial charge in [-0.15, -0.1) is 0 Å². The molecule has 0 saturated carbocycles. The molecule has 1 aliphatic carbocycles. The van der Waals surface area contributed by atoms with Crippen LogP contribution < -0.4 is 0 Å². The van der Waals surface area contributed by atoms with Gasteiger partial charge in [-0.05, 0) is 43.2 Å². The number of carbonyl (C=O) groups excluding carboxylic acids is 2. The molecule has 0 saturated heterocycles. The van der Waals surface area contributed by atoms with E-state index in [1.165, 1.54) is 18.2 Å². The average Bonchev–Trinajstić information content (AvgIpc) is 2.58. The van der Waals surface area contributed by atoms with E-state index >= 15 is 0 Å². The van der Waals surface area contributed by atoms with E-state index in [2.05, 4.69) is 0 Å². The number of aryl methyl sites for hydroxylation is 2. The molecule has 3 N–H and O–H groups in total. The first kappa shape index (κ1) is 16.8. The Labute approximate surface area is 155 Å². The summed E-state index contributed by atoms with van der Waals surface area (Å²) in [6.07, 6.45) is 0. The third-order valence-corrected chi connectivity index (χ3v) is 4.79. The third-order valence-electron chi connectivity index (χ3n) is 4.79. The molecule has 27 heavy (non-hydrogen) atoms. The second-order valence-electron chi connectivity index (χ2n) is 6.78. The quantitative estimate of drug-likeness (QED) is 0.479. The summed E-state index contributed by atoms with van der Waals surface area (Å²) in [6.45, 7) is 3.56. The Bertz CT molecular complexity index is 1160. The first-order valence-corrected chi connectivity index (χ1v) is 8.38. The zero-order valence-corrected chi connectivity index (χ0v) is 14.7. The lowest BCUT2D eigenvalue weighted by atomic mass is 9.80. The average molecular weight is 360 g/mol. The van der Waals surface area contributed by atoms with Crippen molar-refractivity contribution >= 4 is 11.6 Å². The maximum absolute atomic E-state index is 13.0. The van der Waals surface area contributed by atoms with Crippen LogP contribution in [0.25, 0.3) is 11.1 Å². The number of hydrogen-bond acceptors (Lipinski definition) is 5. The van der Waals surface area contributed by atoms with Crippen LogP contribution in [0.4, 0.5) is 0 Å². The van der Waals surface area contributed by atoms with Crippen LogP contribution in [-0.4, -0.2) is 26.9 Å². The van der Waals surface area contributed by atoms with Crippen molar-refractivity contribution in [2.45, 2.75) is 13.8 Å². The van der Waals surface area contributed by atoms with Crippen LogP contribution in [-0.2, 0) is 0 Å². The number of fused-ring (bicyclic) bond motifs is 2. The van der Waals surface area contributed by atoms with E-state index in [1.54, 1.807) is 25.1 Å². The van der Waals surface area contributed by atoms with Gasteiger partial charge in [0.05, 0.1) is 16.7 Å². The van der Waals surface area contributed by atoms with Crippen molar-refractivity contribution in [2.75, 3.05) is 0 Å². The van der Waals surface area contributed by atoms with E-state index in [9.17, 15) is 24.9 Å². The predicted octanol–water partition coefficient (Wildman–Crippen LogP) is 3.86. The Balaban J connectivity index is 2.03. The van der Waals surface area contributed by atoms with Crippen LogP contribution in [0, 0.1) is 13.8 Å². The summed E-state index contributed by atoms with van der Waals surface area (Å²) in [5.74, 6) is -2.25. The Morgan fingerprint density at radius 2 is 1.33 bits per heavy atom. The molecule has 3 aromatic carbocycles. The first-order chi connectivity index (χ1) is 12.8. The Morgan fingerprint density at radius 3 is 2.04 bits per heavy atom. The van der Waals surface area contributed by atoms with Gasteiger partial charge in [-0.2, -0.15) is 0 Å². The van der Waals surface area contributed by atoms with Crippen LogP contribution in [0.3, 0.4) is 0 Å². The molecule has 5 nitrogen and oxygen atoms in total. The number of benzene rings is 3. The minimum absolute atomic E-state index is 0.0621. The number of phenols is 3. The molecule has 0 fully saturated rings. The third kappa shape index (κ3) is 2.39. The number of ketones is 2. The molecule has 3 aromatic rings. The van der Waals surface area contributed by atoms with E-state index in [0.29, 0.717) is 11.1 Å². The van der Waals surface area contributed by atoms with Crippen molar-refractivity contribution in [3.05, 3.63) is 75.8 Å². The molecule has 0 unspecified atom stereocenters. The maximum atomic E-state index is 13.0. The lowest BCUT2D eigenvalue weighted by Gasteiger charge is -2.22. The molecule has 0 aliphatic heterocycles. The summed E-state index contributed by atoms with van der Waals surface area (Å²) in [6, 6.07) is 11.2. The Hall–Kier alpha value is -3.60. The van der Waals surface area contributed by atoms with Crippen LogP contribution in [0.15, 0.2) is 42.5 Å². The van der Waals surface area contributed by atoms with Crippen molar-refractivity contribution < 1.29 is 24.9 Å². The normalized spacial score (nSPS) is 12.7. The van der Waals surface area contributed by atoms with Gasteiger partial charge in [0.25, 0.3) is 0 Å². The van der Waals surface area contributed by atoms with E-state index in [4.69, 9.17) is 0 Å². The van der Waals surface area contributed by atoms with Gasteiger partial charge in [-0.25, -0.2) is 0 Å². The topological polar surface area (TPSA) is 94.8 Å². The predicted molar refractivity (Wildman–Crippen MR) is 99.7 cm³/mol. The van der Waals surface area contributed by atoms with Crippen molar-refractivity contribution in [3.63, 3.8) is 0 Å². The fourth-order valence-corrected chi connectivity index (χ4v) is 3.60. The zero-order valence-electron chi connectivity index (χ0n) is 14.7. The maximum Gasteiger partial charge on any atom is 0.201 e. The van der Waals surface area contributed by atoms with E-state index in [-0.39, 0.29) is 39.3 Å². The highest BCUT2D eigenvalue weighted by molar-refractivity contribution is 6.31. The minimum atomic E-state index is -0.650. The minimum Gasteiger partial charge on any atom is -0.507 e. The van der Waals surface area contributed by atoms with Gasteiger partial charge in [0.15, 0.2) is 5.78 Å². The number of carbonyl (C=O) groups is 2. The highest BCUT2D eigenvalue weighted by Gasteiger charge is 2.36. The van der Waals surface area contributed by atoms with E-state index in [0.717, 1.165) is 5.56 Å². The highest BCUT2D eigenvalue weighted by atomic mass is 16.3. The second-order valence-corrected chi connectivity index (χ2v) is 6.78. The Kier molecular flexibility index (Phi) is 3.56. The molecule has 0 heterocycles. The van der Waals surface area contributed by atoms with Crippen molar-refractivity contribution in [1.29, 1.82) is 0 Å². The summed E-state index contributed by atoms with van der Waals surface area (Å²) in [5, 5.41) is 31.5. The van der Waals surface area contributed by atoms with Crippen LogP contribution >= 0.6 is 0 Å². The summed E-state index contributed by atoms with van der Waals surface area (Å²) in [5.41, 5.74) is 1.78. The summed E-state index contributed by atoms with van der Waals surface area (Å²) in [7, 11) is 0.